The number of H-pyrrole nitrogens is 1. The molecule has 4 rings (SSSR count). The van der Waals surface area contributed by atoms with Crippen LogP contribution in [-0.2, 0) is 11.3 Å². The van der Waals surface area contributed by atoms with Crippen LogP contribution in [-0.4, -0.2) is 67.2 Å². The normalized spacial score (nSPS) is 19.7. The van der Waals surface area contributed by atoms with Crippen molar-refractivity contribution in [3.05, 3.63) is 29.5 Å². The standard InChI is InChI=1S/C25H39N7O3/c1-4-5-9-25(26)28-20-16-22(35-13-8-12-32-10-6-7-11-32)21(34-3)15-19(20)24(29-25)27-23-14-18(17-33-2)30-31-23/h14-16,28H,4-13,17,26H2,1-3H3,(H2,27,29,30,31). The van der Waals surface area contributed by atoms with Crippen LogP contribution in [0.15, 0.2) is 23.2 Å². The van der Waals surface area contributed by atoms with E-state index in [1.54, 1.807) is 14.2 Å². The minimum atomic E-state index is -0.932. The van der Waals surface area contributed by atoms with Crippen molar-refractivity contribution < 1.29 is 14.2 Å². The lowest BCUT2D eigenvalue weighted by Crippen LogP contribution is -2.50. The van der Waals surface area contributed by atoms with Gasteiger partial charge in [0.05, 0.1) is 31.7 Å². The summed E-state index contributed by atoms with van der Waals surface area (Å²) in [6.07, 6.45) is 6.25. The van der Waals surface area contributed by atoms with Crippen LogP contribution in [0.4, 0.5) is 11.5 Å². The Morgan fingerprint density at radius 3 is 2.71 bits per heavy atom. The van der Waals surface area contributed by atoms with Crippen molar-refractivity contribution in [3.63, 3.8) is 0 Å². The third kappa shape index (κ3) is 6.45. The molecule has 1 saturated heterocycles. The number of unbranched alkanes of at least 4 members (excludes halogenated alkanes) is 1. The summed E-state index contributed by atoms with van der Waals surface area (Å²) in [5.74, 6) is 1.69. The molecular formula is C25H39N7O3. The van der Waals surface area contributed by atoms with Crippen LogP contribution < -0.4 is 25.8 Å². The highest BCUT2D eigenvalue weighted by molar-refractivity contribution is 6.13. The Morgan fingerprint density at radius 1 is 1.14 bits per heavy atom. The number of likely N-dealkylation sites (tertiary alicyclic amines) is 1. The minimum absolute atomic E-state index is 0.447. The molecule has 10 heteroatoms. The molecule has 192 valence electrons. The van der Waals surface area contributed by atoms with Crippen LogP contribution in [0, 0.1) is 0 Å². The van der Waals surface area contributed by atoms with Crippen molar-refractivity contribution in [1.29, 1.82) is 0 Å². The minimum Gasteiger partial charge on any atom is -0.493 e. The van der Waals surface area contributed by atoms with E-state index in [9.17, 15) is 0 Å². The summed E-state index contributed by atoms with van der Waals surface area (Å²) in [4.78, 5) is 7.35. The number of anilines is 2. The van der Waals surface area contributed by atoms with E-state index in [4.69, 9.17) is 24.9 Å². The Morgan fingerprint density at radius 2 is 1.97 bits per heavy atom. The number of aliphatic imine (C=N–C) groups is 1. The highest BCUT2D eigenvalue weighted by atomic mass is 16.5. The van der Waals surface area contributed by atoms with Crippen LogP contribution in [0.3, 0.4) is 0 Å². The van der Waals surface area contributed by atoms with Crippen molar-refractivity contribution >= 4 is 17.3 Å². The molecule has 0 radical (unpaired) electrons. The van der Waals surface area contributed by atoms with Gasteiger partial charge in [0.25, 0.3) is 0 Å². The van der Waals surface area contributed by atoms with Crippen molar-refractivity contribution in [2.24, 2.45) is 10.7 Å². The van der Waals surface area contributed by atoms with Gasteiger partial charge in [0.1, 0.15) is 5.84 Å². The van der Waals surface area contributed by atoms with E-state index in [0.717, 1.165) is 42.8 Å². The van der Waals surface area contributed by atoms with Gasteiger partial charge in [-0.3, -0.25) is 10.8 Å². The first kappa shape index (κ1) is 25.3. The van der Waals surface area contributed by atoms with E-state index in [0.29, 0.717) is 42.8 Å². The molecule has 0 aliphatic carbocycles. The molecule has 0 spiro atoms. The van der Waals surface area contributed by atoms with Gasteiger partial charge in [-0.25, -0.2) is 4.99 Å². The number of aromatic amines is 1. The number of methoxy groups -OCH3 is 2. The van der Waals surface area contributed by atoms with E-state index in [1.807, 2.05) is 18.2 Å². The van der Waals surface area contributed by atoms with E-state index in [1.165, 1.54) is 25.9 Å². The maximum Gasteiger partial charge on any atom is 0.184 e. The summed E-state index contributed by atoms with van der Waals surface area (Å²) < 4.78 is 17.0. The molecule has 35 heavy (non-hydrogen) atoms. The van der Waals surface area contributed by atoms with Gasteiger partial charge in [0.2, 0.25) is 0 Å². The van der Waals surface area contributed by atoms with Crippen LogP contribution in [0.2, 0.25) is 0 Å². The van der Waals surface area contributed by atoms with E-state index in [-0.39, 0.29) is 0 Å². The van der Waals surface area contributed by atoms with E-state index >= 15 is 0 Å². The summed E-state index contributed by atoms with van der Waals surface area (Å²) in [7, 11) is 3.30. The second-order valence-electron chi connectivity index (χ2n) is 9.25. The first-order chi connectivity index (χ1) is 17.0. The van der Waals surface area contributed by atoms with Gasteiger partial charge in [0.15, 0.2) is 23.1 Å². The summed E-state index contributed by atoms with van der Waals surface area (Å²) in [5, 5.41) is 14.1. The summed E-state index contributed by atoms with van der Waals surface area (Å²) in [5.41, 5.74) is 9.27. The van der Waals surface area contributed by atoms with Crippen molar-refractivity contribution in [1.82, 2.24) is 15.1 Å². The second-order valence-corrected chi connectivity index (χ2v) is 9.25. The number of hydrogen-bond donors (Lipinski definition) is 4. The van der Waals surface area contributed by atoms with Crippen molar-refractivity contribution in [3.8, 4) is 11.5 Å². The Balaban J connectivity index is 1.55. The maximum atomic E-state index is 6.70. The second kappa shape index (κ2) is 11.7. The topological polar surface area (TPSA) is 122 Å². The molecule has 1 aromatic heterocycles. The monoisotopic (exact) mass is 485 g/mol. The molecule has 5 N–H and O–H groups in total. The van der Waals surface area contributed by atoms with Crippen LogP contribution in [0.1, 0.15) is 56.7 Å². The third-order valence-electron chi connectivity index (χ3n) is 6.38. The first-order valence-electron chi connectivity index (χ1n) is 12.6. The molecule has 0 saturated carbocycles. The van der Waals surface area contributed by atoms with Gasteiger partial charge in [0, 0.05) is 37.8 Å². The summed E-state index contributed by atoms with van der Waals surface area (Å²) in [6, 6.07) is 5.80. The lowest BCUT2D eigenvalue weighted by molar-refractivity contribution is 0.181. The average Bonchev–Trinajstić information content (AvgIpc) is 3.52. The zero-order valence-electron chi connectivity index (χ0n) is 21.2. The zero-order chi connectivity index (χ0) is 24.7. The quantitative estimate of drug-likeness (QED) is 0.337. The van der Waals surface area contributed by atoms with Gasteiger partial charge in [-0.2, -0.15) is 5.10 Å². The third-order valence-corrected chi connectivity index (χ3v) is 6.38. The number of fused-ring (bicyclic) bond motifs is 1. The lowest BCUT2D eigenvalue weighted by atomic mass is 10.0. The fourth-order valence-corrected chi connectivity index (χ4v) is 4.57. The number of nitrogens with one attached hydrogen (secondary N) is 3. The molecule has 0 amide bonds. The number of nitrogens with zero attached hydrogens (tertiary/aromatic N) is 3. The Kier molecular flexibility index (Phi) is 8.48. The number of rotatable bonds is 12. The van der Waals surface area contributed by atoms with E-state index in [2.05, 4.69) is 32.7 Å². The average molecular weight is 486 g/mol. The molecular weight excluding hydrogens is 446 g/mol. The van der Waals surface area contributed by atoms with Crippen molar-refractivity contribution in [2.45, 2.75) is 57.8 Å². The van der Waals surface area contributed by atoms with E-state index < -0.39 is 5.79 Å². The number of amidine groups is 1. The van der Waals surface area contributed by atoms with Crippen molar-refractivity contribution in [2.75, 3.05) is 51.1 Å². The Bertz CT molecular complexity index is 1000. The molecule has 1 unspecified atom stereocenters. The van der Waals surface area contributed by atoms with Crippen LogP contribution in [0.5, 0.6) is 11.5 Å². The van der Waals surface area contributed by atoms with Gasteiger partial charge < -0.3 is 29.7 Å². The van der Waals surface area contributed by atoms with Crippen LogP contribution in [0.25, 0.3) is 0 Å². The molecule has 1 aromatic carbocycles. The number of hydrogen-bond acceptors (Lipinski definition) is 9. The van der Waals surface area contributed by atoms with Gasteiger partial charge in [-0.05, 0) is 44.8 Å². The van der Waals surface area contributed by atoms with Gasteiger partial charge in [-0.15, -0.1) is 0 Å². The fourth-order valence-electron chi connectivity index (χ4n) is 4.57. The molecule has 2 aromatic rings. The molecule has 3 heterocycles. The SMILES string of the molecule is CCCCC1(N)N=C(Nc2cc(COC)[nH]n2)c2cc(OC)c(OCCCN3CCCC3)cc2N1. The molecule has 1 fully saturated rings. The number of ether oxygens (including phenoxy) is 3. The predicted molar refractivity (Wildman–Crippen MR) is 138 cm³/mol. The van der Waals surface area contributed by atoms with Gasteiger partial charge in [-0.1, -0.05) is 13.3 Å². The smallest absolute Gasteiger partial charge is 0.184 e. The van der Waals surface area contributed by atoms with Crippen LogP contribution >= 0.6 is 0 Å². The summed E-state index contributed by atoms with van der Waals surface area (Å²) >= 11 is 0. The Labute approximate surface area is 207 Å². The molecule has 10 nitrogen and oxygen atoms in total. The number of aromatic nitrogens is 2. The summed E-state index contributed by atoms with van der Waals surface area (Å²) in [6.45, 7) is 6.67. The molecule has 0 bridgehead atoms. The zero-order valence-corrected chi connectivity index (χ0v) is 21.2. The molecule has 1 atom stereocenters. The van der Waals surface area contributed by atoms with Gasteiger partial charge >= 0.3 is 0 Å². The Hall–Kier alpha value is -2.82. The highest BCUT2D eigenvalue weighted by Crippen LogP contribution is 2.38. The maximum absolute atomic E-state index is 6.70. The predicted octanol–water partition coefficient (Wildman–Crippen LogP) is 3.52. The number of benzene rings is 1. The molecule has 2 aliphatic rings. The largest absolute Gasteiger partial charge is 0.493 e. The molecule has 2 aliphatic heterocycles. The lowest BCUT2D eigenvalue weighted by Gasteiger charge is -2.34. The fraction of sp³-hybridized carbons (Fsp3) is 0.600. The highest BCUT2D eigenvalue weighted by Gasteiger charge is 2.32. The number of nitrogens with two attached hydrogens (primary N) is 1. The first-order valence-corrected chi connectivity index (χ1v) is 12.6.